The van der Waals surface area contributed by atoms with Gasteiger partial charge >= 0.3 is 0 Å². The molecule has 1 aliphatic carbocycles. The maximum absolute atomic E-state index is 5.92. The van der Waals surface area contributed by atoms with E-state index >= 15 is 0 Å². The molecule has 0 aliphatic heterocycles. The predicted molar refractivity (Wildman–Crippen MR) is 70.3 cm³/mol. The maximum Gasteiger partial charge on any atom is 0.00449 e. The second kappa shape index (κ2) is 4.84. The van der Waals surface area contributed by atoms with Crippen molar-refractivity contribution in [3.05, 3.63) is 40.5 Å². The summed E-state index contributed by atoms with van der Waals surface area (Å²) in [6.07, 6.45) is 7.02. The summed E-state index contributed by atoms with van der Waals surface area (Å²) in [6, 6.07) is 7.08. The van der Waals surface area contributed by atoms with E-state index in [0.29, 0.717) is 6.04 Å². The first-order valence-corrected chi connectivity index (χ1v) is 6.17. The zero-order valence-electron chi connectivity index (χ0n) is 10.3. The van der Waals surface area contributed by atoms with E-state index in [-0.39, 0.29) is 0 Å². The lowest BCUT2D eigenvalue weighted by atomic mass is 9.89. The molecule has 1 heteroatoms. The molecule has 0 amide bonds. The SMILES string of the molecule is Cc1ccc(C)c(C=C2CCC(N)CC2)c1. The van der Waals surface area contributed by atoms with E-state index in [1.807, 2.05) is 0 Å². The first-order chi connectivity index (χ1) is 7.65. The fraction of sp³-hybridized carbons (Fsp3) is 0.467. The van der Waals surface area contributed by atoms with Crippen LogP contribution in [0.3, 0.4) is 0 Å². The Hall–Kier alpha value is -1.08. The van der Waals surface area contributed by atoms with Crippen molar-refractivity contribution in [2.75, 3.05) is 0 Å². The molecule has 0 heterocycles. The van der Waals surface area contributed by atoms with Gasteiger partial charge in [-0.1, -0.05) is 35.4 Å². The Kier molecular flexibility index (Phi) is 3.45. The molecule has 0 radical (unpaired) electrons. The van der Waals surface area contributed by atoms with Crippen molar-refractivity contribution in [3.63, 3.8) is 0 Å². The quantitative estimate of drug-likeness (QED) is 0.761. The zero-order chi connectivity index (χ0) is 11.5. The smallest absolute Gasteiger partial charge is 0.00449 e. The van der Waals surface area contributed by atoms with Crippen LogP contribution in [0.15, 0.2) is 23.8 Å². The Bertz CT molecular complexity index is 394. The third-order valence-electron chi connectivity index (χ3n) is 3.47. The maximum atomic E-state index is 5.92. The van der Waals surface area contributed by atoms with Crippen LogP contribution in [0.4, 0.5) is 0 Å². The van der Waals surface area contributed by atoms with Gasteiger partial charge in [-0.05, 0) is 50.7 Å². The van der Waals surface area contributed by atoms with Crippen LogP contribution < -0.4 is 5.73 Å². The van der Waals surface area contributed by atoms with Gasteiger partial charge in [0, 0.05) is 6.04 Å². The van der Waals surface area contributed by atoms with Crippen molar-refractivity contribution < 1.29 is 0 Å². The Morgan fingerprint density at radius 2 is 1.88 bits per heavy atom. The van der Waals surface area contributed by atoms with Gasteiger partial charge in [0.15, 0.2) is 0 Å². The van der Waals surface area contributed by atoms with Gasteiger partial charge in [-0.2, -0.15) is 0 Å². The molecular weight excluding hydrogens is 194 g/mol. The number of allylic oxidation sites excluding steroid dienone is 1. The molecule has 1 aromatic carbocycles. The summed E-state index contributed by atoms with van der Waals surface area (Å²) in [5.41, 5.74) is 11.6. The lowest BCUT2D eigenvalue weighted by Crippen LogP contribution is -2.23. The monoisotopic (exact) mass is 215 g/mol. The Balaban J connectivity index is 2.19. The van der Waals surface area contributed by atoms with Gasteiger partial charge in [0.05, 0.1) is 0 Å². The minimum Gasteiger partial charge on any atom is -0.328 e. The van der Waals surface area contributed by atoms with Crippen LogP contribution in [0, 0.1) is 13.8 Å². The predicted octanol–water partition coefficient (Wildman–Crippen LogP) is 3.59. The minimum atomic E-state index is 0.427. The molecule has 1 aliphatic rings. The molecule has 86 valence electrons. The van der Waals surface area contributed by atoms with Gasteiger partial charge < -0.3 is 5.73 Å². The first kappa shape index (κ1) is 11.4. The fourth-order valence-corrected chi connectivity index (χ4v) is 2.29. The lowest BCUT2D eigenvalue weighted by molar-refractivity contribution is 0.514. The van der Waals surface area contributed by atoms with E-state index in [1.54, 1.807) is 5.57 Å². The summed E-state index contributed by atoms with van der Waals surface area (Å²) in [4.78, 5) is 0. The number of aryl methyl sites for hydroxylation is 2. The van der Waals surface area contributed by atoms with Crippen LogP contribution in [-0.2, 0) is 0 Å². The Morgan fingerprint density at radius 1 is 1.19 bits per heavy atom. The van der Waals surface area contributed by atoms with E-state index in [2.05, 4.69) is 38.1 Å². The lowest BCUT2D eigenvalue weighted by Gasteiger charge is -2.20. The molecule has 0 aromatic heterocycles. The van der Waals surface area contributed by atoms with E-state index in [0.717, 1.165) is 12.8 Å². The van der Waals surface area contributed by atoms with Crippen LogP contribution >= 0.6 is 0 Å². The molecule has 1 aromatic rings. The molecular formula is C15H21N. The second-order valence-corrected chi connectivity index (χ2v) is 5.00. The molecule has 0 spiro atoms. The van der Waals surface area contributed by atoms with Gasteiger partial charge in [-0.15, -0.1) is 0 Å². The molecule has 1 fully saturated rings. The van der Waals surface area contributed by atoms with Gasteiger partial charge in [0.25, 0.3) is 0 Å². The standard InChI is InChI=1S/C15H21N/c1-11-3-4-12(2)14(9-11)10-13-5-7-15(16)8-6-13/h3-4,9-10,15H,5-8,16H2,1-2H3. The van der Waals surface area contributed by atoms with E-state index in [9.17, 15) is 0 Å². The molecule has 2 N–H and O–H groups in total. The highest BCUT2D eigenvalue weighted by atomic mass is 14.6. The van der Waals surface area contributed by atoms with Gasteiger partial charge in [0.2, 0.25) is 0 Å². The third-order valence-corrected chi connectivity index (χ3v) is 3.47. The molecule has 1 saturated carbocycles. The highest BCUT2D eigenvalue weighted by Crippen LogP contribution is 2.25. The van der Waals surface area contributed by atoms with Crippen molar-refractivity contribution >= 4 is 6.08 Å². The van der Waals surface area contributed by atoms with Crippen LogP contribution in [0.5, 0.6) is 0 Å². The van der Waals surface area contributed by atoms with E-state index < -0.39 is 0 Å². The van der Waals surface area contributed by atoms with Gasteiger partial charge in [-0.3, -0.25) is 0 Å². The van der Waals surface area contributed by atoms with Crippen molar-refractivity contribution in [2.45, 2.75) is 45.6 Å². The average Bonchev–Trinajstić information content (AvgIpc) is 2.27. The van der Waals surface area contributed by atoms with Crippen molar-refractivity contribution in [3.8, 4) is 0 Å². The average molecular weight is 215 g/mol. The number of hydrogen-bond acceptors (Lipinski definition) is 1. The van der Waals surface area contributed by atoms with Crippen LogP contribution in [0.2, 0.25) is 0 Å². The molecule has 1 nitrogen and oxygen atoms in total. The third kappa shape index (κ3) is 2.73. The number of benzene rings is 1. The summed E-state index contributed by atoms with van der Waals surface area (Å²) >= 11 is 0. The molecule has 0 unspecified atom stereocenters. The molecule has 0 saturated heterocycles. The Labute approximate surface area is 98.4 Å². The number of nitrogens with two attached hydrogens (primary N) is 1. The largest absolute Gasteiger partial charge is 0.328 e. The van der Waals surface area contributed by atoms with E-state index in [1.165, 1.54) is 29.5 Å². The van der Waals surface area contributed by atoms with Crippen molar-refractivity contribution in [1.82, 2.24) is 0 Å². The summed E-state index contributed by atoms with van der Waals surface area (Å²) in [5, 5.41) is 0. The van der Waals surface area contributed by atoms with Crippen molar-refractivity contribution in [1.29, 1.82) is 0 Å². The van der Waals surface area contributed by atoms with Gasteiger partial charge in [-0.25, -0.2) is 0 Å². The summed E-state index contributed by atoms with van der Waals surface area (Å²) in [6.45, 7) is 4.33. The topological polar surface area (TPSA) is 26.0 Å². The van der Waals surface area contributed by atoms with Crippen molar-refractivity contribution in [2.24, 2.45) is 5.73 Å². The number of rotatable bonds is 1. The van der Waals surface area contributed by atoms with Crippen LogP contribution in [0.25, 0.3) is 6.08 Å². The molecule has 0 atom stereocenters. The highest BCUT2D eigenvalue weighted by Gasteiger charge is 2.12. The molecule has 2 rings (SSSR count). The summed E-state index contributed by atoms with van der Waals surface area (Å²) < 4.78 is 0. The molecule has 16 heavy (non-hydrogen) atoms. The summed E-state index contributed by atoms with van der Waals surface area (Å²) in [5.74, 6) is 0. The number of hydrogen-bond donors (Lipinski definition) is 1. The highest BCUT2D eigenvalue weighted by molar-refractivity contribution is 5.57. The summed E-state index contributed by atoms with van der Waals surface area (Å²) in [7, 11) is 0. The van der Waals surface area contributed by atoms with E-state index in [4.69, 9.17) is 5.73 Å². The van der Waals surface area contributed by atoms with Crippen LogP contribution in [0.1, 0.15) is 42.4 Å². The second-order valence-electron chi connectivity index (χ2n) is 5.00. The minimum absolute atomic E-state index is 0.427. The molecule has 0 bridgehead atoms. The normalized spacial score (nSPS) is 20.9. The fourth-order valence-electron chi connectivity index (χ4n) is 2.29. The zero-order valence-corrected chi connectivity index (χ0v) is 10.3. The first-order valence-electron chi connectivity index (χ1n) is 6.17. The Morgan fingerprint density at radius 3 is 2.56 bits per heavy atom. The van der Waals surface area contributed by atoms with Crippen LogP contribution in [-0.4, -0.2) is 6.04 Å². The van der Waals surface area contributed by atoms with Gasteiger partial charge in [0.1, 0.15) is 0 Å².